The van der Waals surface area contributed by atoms with Crippen LogP contribution in [0.15, 0.2) is 0 Å². The van der Waals surface area contributed by atoms with Gasteiger partial charge in [0.15, 0.2) is 0 Å². The minimum absolute atomic E-state index is 0.0234. The second-order valence-corrected chi connectivity index (χ2v) is 4.49. The summed E-state index contributed by atoms with van der Waals surface area (Å²) in [4.78, 5) is 24.6. The van der Waals surface area contributed by atoms with Gasteiger partial charge in [0.05, 0.1) is 0 Å². The molecule has 1 aliphatic carbocycles. The van der Waals surface area contributed by atoms with Crippen LogP contribution in [0.3, 0.4) is 0 Å². The van der Waals surface area contributed by atoms with Gasteiger partial charge in [-0.15, -0.1) is 0 Å². The Hall–Kier alpha value is -0.860. The summed E-state index contributed by atoms with van der Waals surface area (Å²) in [7, 11) is 0. The fourth-order valence-corrected chi connectivity index (χ4v) is 2.70. The van der Waals surface area contributed by atoms with Crippen molar-refractivity contribution in [3.8, 4) is 0 Å². The van der Waals surface area contributed by atoms with Gasteiger partial charge in [0.1, 0.15) is 5.78 Å². The minimum atomic E-state index is -0.0234. The molecule has 1 heterocycles. The molecule has 13 heavy (non-hydrogen) atoms. The summed E-state index contributed by atoms with van der Waals surface area (Å²) in [6.07, 6.45) is 2.39. The van der Waals surface area contributed by atoms with E-state index in [0.29, 0.717) is 18.7 Å². The third-order valence-corrected chi connectivity index (χ3v) is 3.49. The molecule has 72 valence electrons. The third-order valence-electron chi connectivity index (χ3n) is 3.49. The molecular weight excluding hydrogens is 166 g/mol. The van der Waals surface area contributed by atoms with Crippen molar-refractivity contribution < 1.29 is 9.59 Å². The standard InChI is InChI=1S/C10H15NO2/c1-7(12)11-6-8-5-10(11,2)4-3-9(8)13/h8H,3-6H2,1-2H3/t8-,10+/m0/s1. The van der Waals surface area contributed by atoms with Gasteiger partial charge in [-0.25, -0.2) is 0 Å². The molecule has 3 heteroatoms. The lowest BCUT2D eigenvalue weighted by atomic mass is 9.80. The Kier molecular flexibility index (Phi) is 1.72. The van der Waals surface area contributed by atoms with Crippen LogP contribution < -0.4 is 0 Å². The number of likely N-dealkylation sites (tertiary alicyclic amines) is 1. The molecule has 2 fully saturated rings. The molecule has 3 nitrogen and oxygen atoms in total. The average molecular weight is 181 g/mol. The number of ketones is 1. The Morgan fingerprint density at radius 2 is 2.31 bits per heavy atom. The number of rotatable bonds is 0. The van der Waals surface area contributed by atoms with E-state index in [4.69, 9.17) is 0 Å². The van der Waals surface area contributed by atoms with Crippen molar-refractivity contribution in [2.24, 2.45) is 5.92 Å². The van der Waals surface area contributed by atoms with Crippen LogP contribution >= 0.6 is 0 Å². The van der Waals surface area contributed by atoms with Gasteiger partial charge in [0.2, 0.25) is 5.91 Å². The fraction of sp³-hybridized carbons (Fsp3) is 0.800. The second kappa shape index (κ2) is 2.56. The van der Waals surface area contributed by atoms with E-state index in [-0.39, 0.29) is 17.4 Å². The van der Waals surface area contributed by atoms with Crippen LogP contribution in [0.25, 0.3) is 0 Å². The SMILES string of the molecule is CC(=O)N1C[C@@H]2C[C@@]1(C)CCC2=O. The molecule has 1 saturated carbocycles. The monoisotopic (exact) mass is 181 g/mol. The summed E-state index contributed by atoms with van der Waals surface area (Å²) in [6, 6.07) is 0. The Labute approximate surface area is 78.1 Å². The molecule has 0 aromatic rings. The van der Waals surface area contributed by atoms with Crippen LogP contribution in [0.1, 0.15) is 33.1 Å². The van der Waals surface area contributed by atoms with Gasteiger partial charge in [0, 0.05) is 31.3 Å². The first-order valence-electron chi connectivity index (χ1n) is 4.84. The number of carbonyl (C=O) groups excluding carboxylic acids is 2. The summed E-state index contributed by atoms with van der Waals surface area (Å²) in [5.74, 6) is 0.587. The van der Waals surface area contributed by atoms with Crippen molar-refractivity contribution in [3.05, 3.63) is 0 Å². The highest BCUT2D eigenvalue weighted by Gasteiger charge is 2.48. The second-order valence-electron chi connectivity index (χ2n) is 4.49. The predicted octanol–water partition coefficient (Wildman–Crippen LogP) is 0.976. The summed E-state index contributed by atoms with van der Waals surface area (Å²) < 4.78 is 0. The molecule has 0 radical (unpaired) electrons. The van der Waals surface area contributed by atoms with E-state index in [2.05, 4.69) is 6.92 Å². The predicted molar refractivity (Wildman–Crippen MR) is 48.1 cm³/mol. The highest BCUT2D eigenvalue weighted by Crippen LogP contribution is 2.41. The van der Waals surface area contributed by atoms with Crippen molar-refractivity contribution in [3.63, 3.8) is 0 Å². The Morgan fingerprint density at radius 3 is 2.85 bits per heavy atom. The van der Waals surface area contributed by atoms with Gasteiger partial charge < -0.3 is 4.90 Å². The van der Waals surface area contributed by atoms with Crippen LogP contribution in [0.2, 0.25) is 0 Å². The highest BCUT2D eigenvalue weighted by atomic mass is 16.2. The zero-order valence-corrected chi connectivity index (χ0v) is 8.17. The molecule has 0 spiro atoms. The maximum absolute atomic E-state index is 11.4. The smallest absolute Gasteiger partial charge is 0.219 e. The lowest BCUT2D eigenvalue weighted by Gasteiger charge is -2.35. The van der Waals surface area contributed by atoms with E-state index in [9.17, 15) is 9.59 Å². The summed E-state index contributed by atoms with van der Waals surface area (Å²) in [6.45, 7) is 4.35. The van der Waals surface area contributed by atoms with E-state index in [0.717, 1.165) is 12.8 Å². The lowest BCUT2D eigenvalue weighted by molar-refractivity contribution is -0.132. The maximum atomic E-state index is 11.4. The van der Waals surface area contributed by atoms with Crippen molar-refractivity contribution in [1.29, 1.82) is 0 Å². The quantitative estimate of drug-likeness (QED) is 0.558. The number of fused-ring (bicyclic) bond motifs is 2. The number of Topliss-reactive ketones (excluding diaryl/α,β-unsaturated/α-hetero) is 1. The molecule has 1 aliphatic heterocycles. The summed E-state index contributed by atoms with van der Waals surface area (Å²) >= 11 is 0. The van der Waals surface area contributed by atoms with E-state index in [1.165, 1.54) is 0 Å². The van der Waals surface area contributed by atoms with Gasteiger partial charge in [-0.2, -0.15) is 0 Å². The molecule has 2 atom stereocenters. The first-order chi connectivity index (χ1) is 6.03. The largest absolute Gasteiger partial charge is 0.337 e. The topological polar surface area (TPSA) is 37.4 Å². The Morgan fingerprint density at radius 1 is 1.62 bits per heavy atom. The van der Waals surface area contributed by atoms with Crippen LogP contribution in [0, 0.1) is 5.92 Å². The van der Waals surface area contributed by atoms with Crippen LogP contribution in [-0.4, -0.2) is 28.7 Å². The molecular formula is C10H15NO2. The van der Waals surface area contributed by atoms with E-state index >= 15 is 0 Å². The zero-order valence-electron chi connectivity index (χ0n) is 8.17. The molecule has 2 bridgehead atoms. The number of carbonyl (C=O) groups is 2. The lowest BCUT2D eigenvalue weighted by Crippen LogP contribution is -2.44. The van der Waals surface area contributed by atoms with Gasteiger partial charge >= 0.3 is 0 Å². The first-order valence-corrected chi connectivity index (χ1v) is 4.84. The van der Waals surface area contributed by atoms with E-state index in [1.54, 1.807) is 6.92 Å². The average Bonchev–Trinajstić information content (AvgIpc) is 2.34. The number of nitrogens with zero attached hydrogens (tertiary/aromatic N) is 1. The van der Waals surface area contributed by atoms with Crippen molar-refractivity contribution in [2.75, 3.05) is 6.54 Å². The molecule has 0 aromatic carbocycles. The summed E-state index contributed by atoms with van der Waals surface area (Å²) in [5, 5.41) is 0. The fourth-order valence-electron chi connectivity index (χ4n) is 2.70. The maximum Gasteiger partial charge on any atom is 0.219 e. The van der Waals surface area contributed by atoms with Gasteiger partial charge in [-0.3, -0.25) is 9.59 Å². The van der Waals surface area contributed by atoms with Crippen molar-refractivity contribution in [2.45, 2.75) is 38.6 Å². The van der Waals surface area contributed by atoms with Crippen molar-refractivity contribution in [1.82, 2.24) is 4.90 Å². The zero-order chi connectivity index (χ0) is 9.64. The number of hydrogen-bond donors (Lipinski definition) is 0. The van der Waals surface area contributed by atoms with E-state index < -0.39 is 0 Å². The molecule has 1 amide bonds. The highest BCUT2D eigenvalue weighted by molar-refractivity contribution is 5.85. The molecule has 0 N–H and O–H groups in total. The molecule has 0 unspecified atom stereocenters. The summed E-state index contributed by atoms with van der Waals surface area (Å²) in [5.41, 5.74) is -0.0234. The molecule has 1 saturated heterocycles. The van der Waals surface area contributed by atoms with Crippen LogP contribution in [0.5, 0.6) is 0 Å². The third kappa shape index (κ3) is 1.18. The Balaban J connectivity index is 2.27. The van der Waals surface area contributed by atoms with Gasteiger partial charge in [-0.05, 0) is 19.8 Å². The molecule has 0 aromatic heterocycles. The Bertz CT molecular complexity index is 274. The van der Waals surface area contributed by atoms with E-state index in [1.807, 2.05) is 4.90 Å². The van der Waals surface area contributed by atoms with Crippen LogP contribution in [-0.2, 0) is 9.59 Å². The van der Waals surface area contributed by atoms with Crippen molar-refractivity contribution >= 4 is 11.7 Å². The molecule has 2 rings (SSSR count). The first kappa shape index (κ1) is 8.73. The number of amides is 1. The van der Waals surface area contributed by atoms with Gasteiger partial charge in [0.25, 0.3) is 0 Å². The minimum Gasteiger partial charge on any atom is -0.337 e. The van der Waals surface area contributed by atoms with Gasteiger partial charge in [-0.1, -0.05) is 0 Å². The van der Waals surface area contributed by atoms with Crippen LogP contribution in [0.4, 0.5) is 0 Å². The molecule has 2 aliphatic rings. The normalized spacial score (nSPS) is 38.2. The number of hydrogen-bond acceptors (Lipinski definition) is 2.